The molecule has 23 heavy (non-hydrogen) atoms. The zero-order valence-corrected chi connectivity index (χ0v) is 14.7. The predicted octanol–water partition coefficient (Wildman–Crippen LogP) is 4.17. The van der Waals surface area contributed by atoms with Crippen molar-refractivity contribution in [3.8, 4) is 11.5 Å². The van der Waals surface area contributed by atoms with Crippen LogP contribution in [-0.4, -0.2) is 38.3 Å². The van der Waals surface area contributed by atoms with Gasteiger partial charge >= 0.3 is 0 Å². The van der Waals surface area contributed by atoms with E-state index in [1.165, 1.54) is 24.8 Å². The third-order valence-corrected chi connectivity index (χ3v) is 5.48. The molecular weight excluding hydrogens is 286 g/mol. The number of nitrogens with zero attached hydrogens (tertiary/aromatic N) is 1. The van der Waals surface area contributed by atoms with Crippen LogP contribution in [0.5, 0.6) is 11.5 Å². The fourth-order valence-electron chi connectivity index (χ4n) is 4.14. The number of benzene rings is 1. The second kappa shape index (κ2) is 6.96. The second-order valence-corrected chi connectivity index (χ2v) is 6.83. The number of likely N-dealkylation sites (tertiary alicyclic amines) is 1. The SMILES string of the molecule is CCCCOc1cc([C@@]23C=CCC[C@@H]2N(C)CC3)ccc1OC. The van der Waals surface area contributed by atoms with Gasteiger partial charge in [0.1, 0.15) is 0 Å². The molecule has 1 aliphatic carbocycles. The van der Waals surface area contributed by atoms with Crippen LogP contribution in [0.4, 0.5) is 0 Å². The molecule has 0 radical (unpaired) electrons. The predicted molar refractivity (Wildman–Crippen MR) is 94.5 cm³/mol. The molecule has 3 rings (SSSR count). The highest BCUT2D eigenvalue weighted by atomic mass is 16.5. The van der Waals surface area contributed by atoms with E-state index in [0.717, 1.165) is 37.5 Å². The van der Waals surface area contributed by atoms with Gasteiger partial charge in [-0.1, -0.05) is 31.6 Å². The maximum absolute atomic E-state index is 6.01. The van der Waals surface area contributed by atoms with Gasteiger partial charge in [-0.25, -0.2) is 0 Å². The minimum Gasteiger partial charge on any atom is -0.493 e. The molecule has 2 atom stereocenters. The Morgan fingerprint density at radius 1 is 1.30 bits per heavy atom. The van der Waals surface area contributed by atoms with E-state index in [2.05, 4.69) is 49.2 Å². The molecule has 1 aromatic rings. The Kier molecular flexibility index (Phi) is 4.96. The summed E-state index contributed by atoms with van der Waals surface area (Å²) in [4.78, 5) is 2.52. The third kappa shape index (κ3) is 2.99. The number of unbranched alkanes of at least 4 members (excludes halogenated alkanes) is 1. The van der Waals surface area contributed by atoms with Crippen LogP contribution in [0.2, 0.25) is 0 Å². The van der Waals surface area contributed by atoms with Gasteiger partial charge in [0.25, 0.3) is 0 Å². The lowest BCUT2D eigenvalue weighted by Gasteiger charge is -2.38. The second-order valence-electron chi connectivity index (χ2n) is 6.83. The van der Waals surface area contributed by atoms with Crippen molar-refractivity contribution in [2.24, 2.45) is 0 Å². The third-order valence-electron chi connectivity index (χ3n) is 5.48. The number of fused-ring (bicyclic) bond motifs is 1. The summed E-state index contributed by atoms with van der Waals surface area (Å²) in [5.74, 6) is 1.73. The monoisotopic (exact) mass is 315 g/mol. The molecule has 1 saturated heterocycles. The molecule has 0 N–H and O–H groups in total. The fraction of sp³-hybridized carbons (Fsp3) is 0.600. The van der Waals surface area contributed by atoms with Crippen molar-refractivity contribution in [2.45, 2.75) is 50.5 Å². The lowest BCUT2D eigenvalue weighted by atomic mass is 9.70. The molecule has 3 nitrogen and oxygen atoms in total. The van der Waals surface area contributed by atoms with Crippen molar-refractivity contribution >= 4 is 0 Å². The topological polar surface area (TPSA) is 21.7 Å². The summed E-state index contributed by atoms with van der Waals surface area (Å²) in [6.45, 7) is 4.09. The van der Waals surface area contributed by atoms with Crippen molar-refractivity contribution in [1.29, 1.82) is 0 Å². The van der Waals surface area contributed by atoms with Crippen LogP contribution in [0, 0.1) is 0 Å². The van der Waals surface area contributed by atoms with E-state index in [4.69, 9.17) is 9.47 Å². The van der Waals surface area contributed by atoms with Crippen molar-refractivity contribution in [3.05, 3.63) is 35.9 Å². The highest BCUT2D eigenvalue weighted by molar-refractivity contribution is 5.48. The molecule has 0 bridgehead atoms. The van der Waals surface area contributed by atoms with Crippen molar-refractivity contribution in [3.63, 3.8) is 0 Å². The van der Waals surface area contributed by atoms with E-state index >= 15 is 0 Å². The van der Waals surface area contributed by atoms with Gasteiger partial charge in [0, 0.05) is 11.5 Å². The van der Waals surface area contributed by atoms with Crippen molar-refractivity contribution < 1.29 is 9.47 Å². The summed E-state index contributed by atoms with van der Waals surface area (Å²) in [5, 5.41) is 0. The molecule has 1 fully saturated rings. The van der Waals surface area contributed by atoms with E-state index in [1.807, 2.05) is 0 Å². The number of likely N-dealkylation sites (N-methyl/N-ethyl adjacent to an activating group) is 1. The molecular formula is C20H29NO2. The lowest BCUT2D eigenvalue weighted by Crippen LogP contribution is -2.41. The summed E-state index contributed by atoms with van der Waals surface area (Å²) >= 11 is 0. The summed E-state index contributed by atoms with van der Waals surface area (Å²) in [7, 11) is 3.97. The Balaban J connectivity index is 1.94. The fourth-order valence-corrected chi connectivity index (χ4v) is 4.14. The number of rotatable bonds is 6. The van der Waals surface area contributed by atoms with Gasteiger partial charge in [0.15, 0.2) is 11.5 Å². The Morgan fingerprint density at radius 3 is 2.96 bits per heavy atom. The average molecular weight is 315 g/mol. The summed E-state index contributed by atoms with van der Waals surface area (Å²) in [6, 6.07) is 7.12. The molecule has 1 aromatic carbocycles. The van der Waals surface area contributed by atoms with Crippen LogP contribution in [0.25, 0.3) is 0 Å². The van der Waals surface area contributed by atoms with Crippen LogP contribution >= 0.6 is 0 Å². The minimum absolute atomic E-state index is 0.141. The average Bonchev–Trinajstić information content (AvgIpc) is 2.94. The first kappa shape index (κ1) is 16.4. The van der Waals surface area contributed by atoms with Crippen LogP contribution in [0.1, 0.15) is 44.6 Å². The maximum atomic E-state index is 6.01. The normalized spacial score (nSPS) is 27.0. The number of allylic oxidation sites excluding steroid dienone is 1. The van der Waals surface area contributed by atoms with Gasteiger partial charge in [-0.2, -0.15) is 0 Å². The maximum Gasteiger partial charge on any atom is 0.161 e. The van der Waals surface area contributed by atoms with E-state index in [0.29, 0.717) is 6.04 Å². The Morgan fingerprint density at radius 2 is 2.17 bits per heavy atom. The summed E-state index contributed by atoms with van der Waals surface area (Å²) < 4.78 is 11.5. The summed E-state index contributed by atoms with van der Waals surface area (Å²) in [5.41, 5.74) is 1.51. The van der Waals surface area contributed by atoms with Gasteiger partial charge < -0.3 is 14.4 Å². The molecule has 0 saturated carbocycles. The van der Waals surface area contributed by atoms with E-state index < -0.39 is 0 Å². The van der Waals surface area contributed by atoms with E-state index in [9.17, 15) is 0 Å². The highest BCUT2D eigenvalue weighted by Gasteiger charge is 2.46. The van der Waals surface area contributed by atoms with Crippen LogP contribution < -0.4 is 9.47 Å². The Labute approximate surface area is 140 Å². The lowest BCUT2D eigenvalue weighted by molar-refractivity contribution is 0.248. The molecule has 0 unspecified atom stereocenters. The zero-order chi connectivity index (χ0) is 16.3. The quantitative estimate of drug-likeness (QED) is 0.581. The summed E-state index contributed by atoms with van der Waals surface area (Å²) in [6.07, 6.45) is 10.6. The van der Waals surface area contributed by atoms with Crippen LogP contribution in [0.15, 0.2) is 30.4 Å². The molecule has 0 aromatic heterocycles. The van der Waals surface area contributed by atoms with Crippen LogP contribution in [-0.2, 0) is 5.41 Å². The Hall–Kier alpha value is -1.48. The van der Waals surface area contributed by atoms with E-state index in [1.54, 1.807) is 7.11 Å². The number of methoxy groups -OCH3 is 1. The largest absolute Gasteiger partial charge is 0.493 e. The molecule has 1 heterocycles. The molecule has 0 spiro atoms. The molecule has 3 heteroatoms. The molecule has 1 aliphatic heterocycles. The first-order chi connectivity index (χ1) is 11.2. The molecule has 2 aliphatic rings. The zero-order valence-electron chi connectivity index (χ0n) is 14.7. The molecule has 126 valence electrons. The minimum atomic E-state index is 0.141. The number of hydrogen-bond acceptors (Lipinski definition) is 3. The van der Waals surface area contributed by atoms with Gasteiger partial charge in [-0.3, -0.25) is 0 Å². The highest BCUT2D eigenvalue weighted by Crippen LogP contribution is 2.46. The number of ether oxygens (including phenoxy) is 2. The first-order valence-electron chi connectivity index (χ1n) is 8.90. The van der Waals surface area contributed by atoms with Gasteiger partial charge in [-0.05, 0) is 57.0 Å². The van der Waals surface area contributed by atoms with Gasteiger partial charge in [-0.15, -0.1) is 0 Å². The van der Waals surface area contributed by atoms with Gasteiger partial charge in [0.05, 0.1) is 13.7 Å². The van der Waals surface area contributed by atoms with E-state index in [-0.39, 0.29) is 5.41 Å². The van der Waals surface area contributed by atoms with Crippen molar-refractivity contribution in [2.75, 3.05) is 27.3 Å². The first-order valence-corrected chi connectivity index (χ1v) is 8.90. The molecule has 0 amide bonds. The van der Waals surface area contributed by atoms with Crippen molar-refractivity contribution in [1.82, 2.24) is 4.90 Å². The number of hydrogen-bond donors (Lipinski definition) is 0. The Bertz CT molecular complexity index is 569. The van der Waals surface area contributed by atoms with Gasteiger partial charge in [0.2, 0.25) is 0 Å². The van der Waals surface area contributed by atoms with Crippen LogP contribution in [0.3, 0.4) is 0 Å². The smallest absolute Gasteiger partial charge is 0.161 e. The standard InChI is InChI=1S/C20H29NO2/c1-4-5-14-23-18-15-16(9-10-17(18)22-3)20-11-7-6-8-19(20)21(2)13-12-20/h7,9-11,15,19H,4-6,8,12-14H2,1-3H3/t19-,20-/m0/s1.